The Balaban J connectivity index is 2.78. The van der Waals surface area contributed by atoms with Crippen LogP contribution >= 0.6 is 11.6 Å². The highest BCUT2D eigenvalue weighted by Crippen LogP contribution is 2.24. The van der Waals surface area contributed by atoms with Gasteiger partial charge in [0.05, 0.1) is 0 Å². The highest BCUT2D eigenvalue weighted by Gasteiger charge is 2.11. The van der Waals surface area contributed by atoms with Crippen molar-refractivity contribution in [2.75, 3.05) is 17.6 Å². The van der Waals surface area contributed by atoms with Crippen molar-refractivity contribution in [3.8, 4) is 0 Å². The lowest BCUT2D eigenvalue weighted by Crippen LogP contribution is -2.12. The van der Waals surface area contributed by atoms with Crippen molar-refractivity contribution in [3.63, 3.8) is 0 Å². The number of nitrogen functional groups attached to an aromatic ring is 1. The maximum absolute atomic E-state index is 6.03. The van der Waals surface area contributed by atoms with Gasteiger partial charge >= 0.3 is 0 Å². The van der Waals surface area contributed by atoms with Gasteiger partial charge in [-0.2, -0.15) is 0 Å². The molecule has 0 unspecified atom stereocenters. The first-order chi connectivity index (χ1) is 8.40. The number of nitrogens with one attached hydrogen (secondary N) is 1. The SMILES string of the molecule is CC(C)CCNc1nc(CC(C)C)nc(Cl)c1N. The number of nitrogens with zero attached hydrogens (tertiary/aromatic N) is 2. The van der Waals surface area contributed by atoms with Crippen molar-refractivity contribution in [1.82, 2.24) is 9.97 Å². The highest BCUT2D eigenvalue weighted by atomic mass is 35.5. The van der Waals surface area contributed by atoms with E-state index in [1.807, 2.05) is 0 Å². The second-order valence-corrected chi connectivity index (χ2v) is 5.76. The predicted molar refractivity (Wildman–Crippen MR) is 77.9 cm³/mol. The summed E-state index contributed by atoms with van der Waals surface area (Å²) in [5, 5.41) is 3.58. The maximum Gasteiger partial charge on any atom is 0.157 e. The van der Waals surface area contributed by atoms with Gasteiger partial charge < -0.3 is 11.1 Å². The van der Waals surface area contributed by atoms with Crippen LogP contribution in [0.15, 0.2) is 0 Å². The number of hydrogen-bond donors (Lipinski definition) is 2. The van der Waals surface area contributed by atoms with Crippen molar-refractivity contribution in [2.24, 2.45) is 11.8 Å². The molecular formula is C13H23ClN4. The number of hydrogen-bond acceptors (Lipinski definition) is 4. The summed E-state index contributed by atoms with van der Waals surface area (Å²) in [5.74, 6) is 2.54. The molecule has 0 aliphatic heterocycles. The Labute approximate surface area is 114 Å². The van der Waals surface area contributed by atoms with E-state index >= 15 is 0 Å². The van der Waals surface area contributed by atoms with E-state index in [0.29, 0.717) is 28.5 Å². The molecule has 1 heterocycles. The van der Waals surface area contributed by atoms with Gasteiger partial charge in [-0.15, -0.1) is 0 Å². The minimum absolute atomic E-state index is 0.340. The zero-order chi connectivity index (χ0) is 13.7. The van der Waals surface area contributed by atoms with Gasteiger partial charge in [0.15, 0.2) is 11.0 Å². The molecule has 0 aliphatic carbocycles. The molecule has 0 atom stereocenters. The summed E-state index contributed by atoms with van der Waals surface area (Å²) in [6, 6.07) is 0. The molecule has 0 bridgehead atoms. The molecule has 4 nitrogen and oxygen atoms in total. The minimum Gasteiger partial charge on any atom is -0.393 e. The van der Waals surface area contributed by atoms with Crippen LogP contribution in [0.3, 0.4) is 0 Å². The summed E-state index contributed by atoms with van der Waals surface area (Å²) < 4.78 is 0. The summed E-state index contributed by atoms with van der Waals surface area (Å²) in [6.45, 7) is 9.46. The molecule has 18 heavy (non-hydrogen) atoms. The van der Waals surface area contributed by atoms with Crippen LogP contribution in [0.25, 0.3) is 0 Å². The van der Waals surface area contributed by atoms with Crippen molar-refractivity contribution < 1.29 is 0 Å². The summed E-state index contributed by atoms with van der Waals surface area (Å²) in [5.41, 5.74) is 6.32. The zero-order valence-corrected chi connectivity index (χ0v) is 12.4. The molecule has 1 rings (SSSR count). The van der Waals surface area contributed by atoms with Crippen molar-refractivity contribution in [2.45, 2.75) is 40.5 Å². The summed E-state index contributed by atoms with van der Waals surface area (Å²) in [6.07, 6.45) is 1.87. The van der Waals surface area contributed by atoms with Crippen LogP contribution in [-0.4, -0.2) is 16.5 Å². The highest BCUT2D eigenvalue weighted by molar-refractivity contribution is 6.32. The van der Waals surface area contributed by atoms with E-state index in [1.165, 1.54) is 0 Å². The number of halogens is 1. The Kier molecular flexibility index (Phi) is 5.66. The van der Waals surface area contributed by atoms with Crippen molar-refractivity contribution in [3.05, 3.63) is 11.0 Å². The molecule has 102 valence electrons. The standard InChI is InChI=1S/C13H23ClN4/c1-8(2)5-6-16-13-11(15)12(14)17-10(18-13)7-9(3)4/h8-9H,5-7,15H2,1-4H3,(H,16,17,18). The molecule has 0 amide bonds. The maximum atomic E-state index is 6.03. The molecular weight excluding hydrogens is 248 g/mol. The third kappa shape index (κ3) is 4.69. The van der Waals surface area contributed by atoms with Gasteiger partial charge in [-0.3, -0.25) is 0 Å². The summed E-state index contributed by atoms with van der Waals surface area (Å²) in [4.78, 5) is 8.64. The van der Waals surface area contributed by atoms with Gasteiger partial charge in [-0.05, 0) is 18.3 Å². The van der Waals surface area contributed by atoms with Crippen LogP contribution in [0, 0.1) is 11.8 Å². The first-order valence-corrected chi connectivity index (χ1v) is 6.83. The van der Waals surface area contributed by atoms with Crippen LogP contribution in [0.2, 0.25) is 5.15 Å². The summed E-state index contributed by atoms with van der Waals surface area (Å²) >= 11 is 6.03. The van der Waals surface area contributed by atoms with E-state index in [2.05, 4.69) is 43.0 Å². The van der Waals surface area contributed by atoms with Gasteiger partial charge in [0.25, 0.3) is 0 Å². The second kappa shape index (κ2) is 6.78. The smallest absolute Gasteiger partial charge is 0.157 e. The van der Waals surface area contributed by atoms with E-state index in [9.17, 15) is 0 Å². The van der Waals surface area contributed by atoms with E-state index < -0.39 is 0 Å². The Morgan fingerprint density at radius 3 is 2.39 bits per heavy atom. The second-order valence-electron chi connectivity index (χ2n) is 5.40. The fourth-order valence-electron chi connectivity index (χ4n) is 1.56. The van der Waals surface area contributed by atoms with E-state index in [4.69, 9.17) is 17.3 Å². The van der Waals surface area contributed by atoms with Gasteiger partial charge in [0.1, 0.15) is 11.5 Å². The van der Waals surface area contributed by atoms with Crippen LogP contribution in [-0.2, 0) is 6.42 Å². The van der Waals surface area contributed by atoms with Gasteiger partial charge in [-0.25, -0.2) is 9.97 Å². The first kappa shape index (κ1) is 15.0. The van der Waals surface area contributed by atoms with E-state index in [0.717, 1.165) is 25.2 Å². The van der Waals surface area contributed by atoms with Gasteiger partial charge in [0.2, 0.25) is 0 Å². The number of nitrogens with two attached hydrogens (primary N) is 1. The molecule has 1 aromatic rings. The molecule has 3 N–H and O–H groups in total. The topological polar surface area (TPSA) is 63.8 Å². The molecule has 1 aromatic heterocycles. The fourth-order valence-corrected chi connectivity index (χ4v) is 1.74. The largest absolute Gasteiger partial charge is 0.393 e. The first-order valence-electron chi connectivity index (χ1n) is 6.46. The normalized spacial score (nSPS) is 11.3. The van der Waals surface area contributed by atoms with Gasteiger partial charge in [0, 0.05) is 13.0 Å². The Morgan fingerprint density at radius 2 is 1.83 bits per heavy atom. The Morgan fingerprint density at radius 1 is 1.17 bits per heavy atom. The van der Waals surface area contributed by atoms with E-state index in [1.54, 1.807) is 0 Å². The van der Waals surface area contributed by atoms with Crippen LogP contribution < -0.4 is 11.1 Å². The van der Waals surface area contributed by atoms with Gasteiger partial charge in [-0.1, -0.05) is 39.3 Å². The fraction of sp³-hybridized carbons (Fsp3) is 0.692. The van der Waals surface area contributed by atoms with E-state index in [-0.39, 0.29) is 0 Å². The molecule has 0 aliphatic rings. The zero-order valence-electron chi connectivity index (χ0n) is 11.6. The third-order valence-corrected chi connectivity index (χ3v) is 2.84. The number of rotatable bonds is 6. The molecule has 0 saturated carbocycles. The molecule has 0 aromatic carbocycles. The molecule has 0 radical (unpaired) electrons. The molecule has 0 spiro atoms. The lowest BCUT2D eigenvalue weighted by molar-refractivity contribution is 0.604. The predicted octanol–water partition coefficient (Wildman–Crippen LogP) is 3.37. The average Bonchev–Trinajstić information content (AvgIpc) is 2.23. The Hall–Kier alpha value is -1.03. The van der Waals surface area contributed by atoms with Crippen molar-refractivity contribution >= 4 is 23.1 Å². The minimum atomic E-state index is 0.340. The van der Waals surface area contributed by atoms with Crippen LogP contribution in [0.1, 0.15) is 39.9 Å². The molecule has 0 fully saturated rings. The number of aromatic nitrogens is 2. The quantitative estimate of drug-likeness (QED) is 0.778. The van der Waals surface area contributed by atoms with Crippen molar-refractivity contribution in [1.29, 1.82) is 0 Å². The lowest BCUT2D eigenvalue weighted by Gasteiger charge is -2.12. The van der Waals surface area contributed by atoms with Crippen LogP contribution in [0.4, 0.5) is 11.5 Å². The Bertz CT molecular complexity index is 391. The molecule has 5 heteroatoms. The molecule has 0 saturated heterocycles. The number of anilines is 2. The van der Waals surface area contributed by atoms with Crippen LogP contribution in [0.5, 0.6) is 0 Å². The summed E-state index contributed by atoms with van der Waals surface area (Å²) in [7, 11) is 0. The third-order valence-electron chi connectivity index (χ3n) is 2.55. The average molecular weight is 271 g/mol. The lowest BCUT2D eigenvalue weighted by atomic mass is 10.1. The monoisotopic (exact) mass is 270 g/mol.